The third-order valence-corrected chi connectivity index (χ3v) is 6.37. The summed E-state index contributed by atoms with van der Waals surface area (Å²) in [6.45, 7) is 6.38. The zero-order chi connectivity index (χ0) is 18.1. The lowest BCUT2D eigenvalue weighted by Crippen LogP contribution is -2.48. The summed E-state index contributed by atoms with van der Waals surface area (Å²) in [5, 5.41) is 3.30. The molecule has 1 unspecified atom stereocenters. The molecule has 3 heteroatoms. The summed E-state index contributed by atoms with van der Waals surface area (Å²) in [4.78, 5) is 16.2. The Labute approximate surface area is 156 Å². The lowest BCUT2D eigenvalue weighted by Gasteiger charge is -2.39. The number of anilines is 1. The first-order chi connectivity index (χ1) is 12.6. The number of nitrogens with zero attached hydrogens (tertiary/aromatic N) is 1. The number of rotatable bonds is 4. The minimum Gasteiger partial charge on any atom is -0.325 e. The van der Waals surface area contributed by atoms with Crippen molar-refractivity contribution < 1.29 is 4.79 Å². The molecule has 2 aromatic rings. The van der Waals surface area contributed by atoms with Gasteiger partial charge in [0.25, 0.3) is 0 Å². The van der Waals surface area contributed by atoms with Gasteiger partial charge in [0.05, 0.1) is 5.92 Å². The summed E-state index contributed by atoms with van der Waals surface area (Å²) in [7, 11) is 0. The van der Waals surface area contributed by atoms with Crippen LogP contribution in [-0.2, 0) is 4.79 Å². The van der Waals surface area contributed by atoms with Gasteiger partial charge < -0.3 is 5.32 Å². The first kappa shape index (κ1) is 17.3. The molecular weight excluding hydrogens is 320 g/mol. The Hall–Kier alpha value is -2.13. The third-order valence-electron chi connectivity index (χ3n) is 6.37. The van der Waals surface area contributed by atoms with E-state index in [9.17, 15) is 4.79 Å². The molecule has 2 aliphatic rings. The Kier molecular flexibility index (Phi) is 4.58. The molecule has 2 heterocycles. The Morgan fingerprint density at radius 3 is 2.19 bits per heavy atom. The molecule has 4 rings (SSSR count). The third kappa shape index (κ3) is 2.84. The summed E-state index contributed by atoms with van der Waals surface area (Å²) < 4.78 is 0. The molecule has 2 aliphatic heterocycles. The fraction of sp³-hybridized carbons (Fsp3) is 0.435. The van der Waals surface area contributed by atoms with E-state index in [-0.39, 0.29) is 17.4 Å². The first-order valence-electron chi connectivity index (χ1n) is 9.79. The average Bonchev–Trinajstić information content (AvgIpc) is 3.20. The molecule has 0 radical (unpaired) electrons. The van der Waals surface area contributed by atoms with Crippen LogP contribution in [0.3, 0.4) is 0 Å². The van der Waals surface area contributed by atoms with Crippen molar-refractivity contribution in [3.05, 3.63) is 65.2 Å². The van der Waals surface area contributed by atoms with Gasteiger partial charge in [-0.05, 0) is 69.3 Å². The highest BCUT2D eigenvalue weighted by atomic mass is 16.2. The summed E-state index contributed by atoms with van der Waals surface area (Å²) in [5.74, 6) is 0.0232. The SMILES string of the molecule is Cc1cccc(C)c1NC(=O)C(c1ccccc1)C12CCCN1CCC2. The van der Waals surface area contributed by atoms with Gasteiger partial charge in [0.1, 0.15) is 0 Å². The molecule has 0 saturated carbocycles. The largest absolute Gasteiger partial charge is 0.325 e. The van der Waals surface area contributed by atoms with E-state index in [0.717, 1.165) is 48.3 Å². The normalized spacial score (nSPS) is 19.9. The van der Waals surface area contributed by atoms with Crippen LogP contribution in [0.4, 0.5) is 5.69 Å². The van der Waals surface area contributed by atoms with Gasteiger partial charge in [-0.2, -0.15) is 0 Å². The van der Waals surface area contributed by atoms with Crippen LogP contribution in [0, 0.1) is 13.8 Å². The van der Waals surface area contributed by atoms with Crippen molar-refractivity contribution in [3.63, 3.8) is 0 Å². The highest BCUT2D eigenvalue weighted by Gasteiger charge is 2.52. The Bertz CT molecular complexity index is 769. The molecular formula is C23H28N2O. The highest BCUT2D eigenvalue weighted by molar-refractivity contribution is 5.98. The van der Waals surface area contributed by atoms with Gasteiger partial charge in [-0.25, -0.2) is 0 Å². The Morgan fingerprint density at radius 1 is 0.962 bits per heavy atom. The second-order valence-electron chi connectivity index (χ2n) is 7.90. The predicted molar refractivity (Wildman–Crippen MR) is 107 cm³/mol. The van der Waals surface area contributed by atoms with Crippen LogP contribution in [0.15, 0.2) is 48.5 Å². The first-order valence-corrected chi connectivity index (χ1v) is 9.79. The molecule has 1 atom stereocenters. The van der Waals surface area contributed by atoms with Crippen LogP contribution in [0.25, 0.3) is 0 Å². The van der Waals surface area contributed by atoms with E-state index in [1.807, 2.05) is 12.1 Å². The molecule has 2 fully saturated rings. The van der Waals surface area contributed by atoms with Gasteiger partial charge in [0, 0.05) is 11.2 Å². The molecule has 0 aliphatic carbocycles. The Morgan fingerprint density at radius 2 is 1.58 bits per heavy atom. The minimum absolute atomic E-state index is 0.0119. The van der Waals surface area contributed by atoms with E-state index < -0.39 is 0 Å². The highest BCUT2D eigenvalue weighted by Crippen LogP contribution is 2.48. The molecule has 0 bridgehead atoms. The van der Waals surface area contributed by atoms with Gasteiger partial charge in [0.2, 0.25) is 5.91 Å². The molecule has 1 amide bonds. The summed E-state index contributed by atoms with van der Waals surface area (Å²) >= 11 is 0. The number of fused-ring (bicyclic) bond motifs is 1. The second-order valence-corrected chi connectivity index (χ2v) is 7.90. The fourth-order valence-electron chi connectivity index (χ4n) is 5.18. The van der Waals surface area contributed by atoms with Gasteiger partial charge in [-0.3, -0.25) is 9.69 Å². The smallest absolute Gasteiger partial charge is 0.233 e. The van der Waals surface area contributed by atoms with Crippen molar-refractivity contribution >= 4 is 11.6 Å². The van der Waals surface area contributed by atoms with Crippen molar-refractivity contribution in [1.82, 2.24) is 4.90 Å². The van der Waals surface area contributed by atoms with Crippen molar-refractivity contribution in [1.29, 1.82) is 0 Å². The molecule has 1 N–H and O–H groups in total. The van der Waals surface area contributed by atoms with Crippen LogP contribution in [-0.4, -0.2) is 29.4 Å². The van der Waals surface area contributed by atoms with Crippen molar-refractivity contribution in [2.24, 2.45) is 0 Å². The van der Waals surface area contributed by atoms with Crippen LogP contribution < -0.4 is 5.32 Å². The number of hydrogen-bond acceptors (Lipinski definition) is 2. The van der Waals surface area contributed by atoms with Gasteiger partial charge in [-0.1, -0.05) is 48.5 Å². The number of amides is 1. The number of benzene rings is 2. The van der Waals surface area contributed by atoms with E-state index in [2.05, 4.69) is 60.5 Å². The molecule has 26 heavy (non-hydrogen) atoms. The zero-order valence-electron chi connectivity index (χ0n) is 15.8. The number of hydrogen-bond donors (Lipinski definition) is 1. The number of nitrogens with one attached hydrogen (secondary N) is 1. The quantitative estimate of drug-likeness (QED) is 0.872. The van der Waals surface area contributed by atoms with Crippen molar-refractivity contribution in [2.45, 2.75) is 51.0 Å². The van der Waals surface area contributed by atoms with E-state index >= 15 is 0 Å². The second kappa shape index (κ2) is 6.88. The number of aryl methyl sites for hydroxylation is 2. The zero-order valence-corrected chi connectivity index (χ0v) is 15.8. The maximum absolute atomic E-state index is 13.6. The molecule has 0 aromatic heterocycles. The van der Waals surface area contributed by atoms with Crippen LogP contribution in [0.1, 0.15) is 48.3 Å². The summed E-state index contributed by atoms with van der Waals surface area (Å²) in [6, 6.07) is 16.6. The number of para-hydroxylation sites is 1. The molecule has 2 aromatic carbocycles. The number of carbonyl (C=O) groups excluding carboxylic acids is 1. The standard InChI is InChI=1S/C23H28N2O/c1-17-9-6-10-18(2)21(17)24-22(26)20(19-11-4-3-5-12-19)23-13-7-15-25(23)16-8-14-23/h3-6,9-12,20H,7-8,13-16H2,1-2H3,(H,24,26). The molecule has 136 valence electrons. The fourth-order valence-corrected chi connectivity index (χ4v) is 5.18. The molecule has 2 saturated heterocycles. The maximum atomic E-state index is 13.6. The lowest BCUT2D eigenvalue weighted by molar-refractivity contribution is -0.120. The van der Waals surface area contributed by atoms with Crippen LogP contribution in [0.5, 0.6) is 0 Å². The molecule has 0 spiro atoms. The number of carbonyl (C=O) groups is 1. The summed E-state index contributed by atoms with van der Waals surface area (Å²) in [5.41, 5.74) is 4.35. The Balaban J connectivity index is 1.73. The topological polar surface area (TPSA) is 32.3 Å². The van der Waals surface area contributed by atoms with Gasteiger partial charge >= 0.3 is 0 Å². The molecule has 3 nitrogen and oxygen atoms in total. The van der Waals surface area contributed by atoms with Crippen molar-refractivity contribution in [2.75, 3.05) is 18.4 Å². The van der Waals surface area contributed by atoms with Crippen LogP contribution >= 0.6 is 0 Å². The van der Waals surface area contributed by atoms with E-state index in [1.54, 1.807) is 0 Å². The van der Waals surface area contributed by atoms with E-state index in [4.69, 9.17) is 0 Å². The average molecular weight is 348 g/mol. The van der Waals surface area contributed by atoms with Crippen molar-refractivity contribution in [3.8, 4) is 0 Å². The summed E-state index contributed by atoms with van der Waals surface area (Å²) in [6.07, 6.45) is 4.62. The lowest BCUT2D eigenvalue weighted by atomic mass is 9.75. The monoisotopic (exact) mass is 348 g/mol. The van der Waals surface area contributed by atoms with Gasteiger partial charge in [-0.15, -0.1) is 0 Å². The van der Waals surface area contributed by atoms with E-state index in [0.29, 0.717) is 0 Å². The van der Waals surface area contributed by atoms with Crippen LogP contribution in [0.2, 0.25) is 0 Å². The predicted octanol–water partition coefficient (Wildman–Crippen LogP) is 4.65. The van der Waals surface area contributed by atoms with Gasteiger partial charge in [0.15, 0.2) is 0 Å². The van der Waals surface area contributed by atoms with E-state index in [1.165, 1.54) is 12.8 Å². The minimum atomic E-state index is -0.118. The maximum Gasteiger partial charge on any atom is 0.233 e.